The molecule has 2 aliphatic rings. The Morgan fingerprint density at radius 2 is 1.65 bits per heavy atom. The molecule has 138 valence electrons. The zero-order chi connectivity index (χ0) is 18.8. The number of likely N-dealkylation sites (tertiary alicyclic amines) is 1. The molecule has 1 fully saturated rings. The summed E-state index contributed by atoms with van der Waals surface area (Å²) < 4.78 is 13.1. The number of nitrogens with zero attached hydrogens (tertiary/aromatic N) is 1. The number of benzene rings is 1. The second kappa shape index (κ2) is 7.40. The van der Waals surface area contributed by atoms with Crippen LogP contribution in [0.3, 0.4) is 0 Å². The van der Waals surface area contributed by atoms with Crippen molar-refractivity contribution in [2.45, 2.75) is 32.7 Å². The number of amides is 3. The molecule has 1 aromatic carbocycles. The van der Waals surface area contributed by atoms with Gasteiger partial charge in [-0.25, -0.2) is 4.39 Å². The Balaban J connectivity index is 1.68. The van der Waals surface area contributed by atoms with Crippen LogP contribution in [-0.4, -0.2) is 29.2 Å². The van der Waals surface area contributed by atoms with Crippen LogP contribution in [-0.2, 0) is 14.4 Å². The summed E-state index contributed by atoms with van der Waals surface area (Å²) in [5, 5.41) is 2.88. The van der Waals surface area contributed by atoms with Gasteiger partial charge in [-0.2, -0.15) is 0 Å². The highest BCUT2D eigenvalue weighted by molar-refractivity contribution is 6.07. The first-order valence-electron chi connectivity index (χ1n) is 8.93. The van der Waals surface area contributed by atoms with Crippen LogP contribution >= 0.6 is 0 Å². The molecule has 3 rings (SSSR count). The van der Waals surface area contributed by atoms with Gasteiger partial charge in [0, 0.05) is 0 Å². The van der Waals surface area contributed by atoms with Gasteiger partial charge >= 0.3 is 0 Å². The van der Waals surface area contributed by atoms with Gasteiger partial charge in [-0.1, -0.05) is 38.1 Å². The fraction of sp³-hybridized carbons (Fsp3) is 0.450. The Morgan fingerprint density at radius 3 is 2.15 bits per heavy atom. The average molecular weight is 358 g/mol. The Labute approximate surface area is 152 Å². The SMILES string of the molecule is CC(C)C(NC(=O)CN1C(=O)C2CC=CCC2C1=O)c1ccc(F)cc1. The van der Waals surface area contributed by atoms with Gasteiger partial charge in [-0.3, -0.25) is 19.3 Å². The quantitative estimate of drug-likeness (QED) is 0.650. The largest absolute Gasteiger partial charge is 0.347 e. The van der Waals surface area contributed by atoms with Crippen LogP contribution in [0, 0.1) is 23.6 Å². The Hall–Kier alpha value is -2.50. The lowest BCUT2D eigenvalue weighted by Crippen LogP contribution is -2.43. The molecule has 3 amide bonds. The summed E-state index contributed by atoms with van der Waals surface area (Å²) in [7, 11) is 0. The maximum atomic E-state index is 13.1. The maximum Gasteiger partial charge on any atom is 0.240 e. The number of carbonyl (C=O) groups excluding carboxylic acids is 3. The van der Waals surface area contributed by atoms with E-state index in [0.717, 1.165) is 10.5 Å². The monoisotopic (exact) mass is 358 g/mol. The molecule has 3 unspecified atom stereocenters. The van der Waals surface area contributed by atoms with Gasteiger partial charge in [-0.05, 0) is 36.5 Å². The number of nitrogens with one attached hydrogen (secondary N) is 1. The van der Waals surface area contributed by atoms with Crippen molar-refractivity contribution in [1.82, 2.24) is 10.2 Å². The number of hydrogen-bond donors (Lipinski definition) is 1. The number of hydrogen-bond acceptors (Lipinski definition) is 3. The fourth-order valence-electron chi connectivity index (χ4n) is 3.69. The molecular formula is C20H23FN2O3. The number of fused-ring (bicyclic) bond motifs is 1. The summed E-state index contributed by atoms with van der Waals surface area (Å²) in [5.41, 5.74) is 0.784. The second-order valence-corrected chi connectivity index (χ2v) is 7.26. The highest BCUT2D eigenvalue weighted by Crippen LogP contribution is 2.34. The summed E-state index contributed by atoms with van der Waals surface area (Å²) in [4.78, 5) is 38.5. The summed E-state index contributed by atoms with van der Waals surface area (Å²) in [5.74, 6) is -1.85. The Morgan fingerprint density at radius 1 is 1.12 bits per heavy atom. The fourth-order valence-corrected chi connectivity index (χ4v) is 3.69. The van der Waals surface area contributed by atoms with Crippen molar-refractivity contribution in [3.05, 3.63) is 47.8 Å². The minimum absolute atomic E-state index is 0.0705. The van der Waals surface area contributed by atoms with Gasteiger partial charge in [0.15, 0.2) is 0 Å². The predicted molar refractivity (Wildman–Crippen MR) is 94.2 cm³/mol. The topological polar surface area (TPSA) is 66.5 Å². The number of halogens is 1. The summed E-state index contributed by atoms with van der Waals surface area (Å²) >= 11 is 0. The summed E-state index contributed by atoms with van der Waals surface area (Å²) in [6.45, 7) is 3.62. The number of allylic oxidation sites excluding steroid dienone is 2. The van der Waals surface area contributed by atoms with Crippen LogP contribution in [0.4, 0.5) is 4.39 Å². The van der Waals surface area contributed by atoms with Crippen LogP contribution < -0.4 is 5.32 Å². The van der Waals surface area contributed by atoms with E-state index in [4.69, 9.17) is 0 Å². The minimum atomic E-state index is -0.388. The molecule has 0 bridgehead atoms. The van der Waals surface area contributed by atoms with E-state index in [9.17, 15) is 18.8 Å². The molecule has 1 heterocycles. The number of rotatable bonds is 5. The van der Waals surface area contributed by atoms with Crippen LogP contribution in [0.2, 0.25) is 0 Å². The van der Waals surface area contributed by atoms with Crippen molar-refractivity contribution in [3.8, 4) is 0 Å². The van der Waals surface area contributed by atoms with Crippen molar-refractivity contribution >= 4 is 17.7 Å². The van der Waals surface area contributed by atoms with Crippen LogP contribution in [0.1, 0.15) is 38.3 Å². The van der Waals surface area contributed by atoms with Crippen molar-refractivity contribution in [2.75, 3.05) is 6.54 Å². The zero-order valence-corrected chi connectivity index (χ0v) is 14.9. The molecule has 0 spiro atoms. The highest BCUT2D eigenvalue weighted by Gasteiger charge is 2.47. The number of carbonyl (C=O) groups is 3. The Bertz CT molecular complexity index is 716. The van der Waals surface area contributed by atoms with E-state index < -0.39 is 0 Å². The van der Waals surface area contributed by atoms with Crippen LogP contribution in [0.5, 0.6) is 0 Å². The van der Waals surface area contributed by atoms with E-state index >= 15 is 0 Å². The molecular weight excluding hydrogens is 335 g/mol. The van der Waals surface area contributed by atoms with Crippen LogP contribution in [0.15, 0.2) is 36.4 Å². The molecule has 1 aliphatic carbocycles. The normalized spacial score (nSPS) is 23.3. The van der Waals surface area contributed by atoms with Gasteiger partial charge in [0.1, 0.15) is 12.4 Å². The molecule has 1 aromatic rings. The lowest BCUT2D eigenvalue weighted by atomic mass is 9.85. The smallest absolute Gasteiger partial charge is 0.240 e. The Kier molecular flexibility index (Phi) is 5.20. The molecule has 0 aromatic heterocycles. The molecule has 0 radical (unpaired) electrons. The first kappa shape index (κ1) is 18.3. The zero-order valence-electron chi connectivity index (χ0n) is 14.9. The predicted octanol–water partition coefficient (Wildman–Crippen LogP) is 2.59. The third-order valence-corrected chi connectivity index (χ3v) is 5.11. The van der Waals surface area contributed by atoms with Gasteiger partial charge in [0.05, 0.1) is 17.9 Å². The molecule has 26 heavy (non-hydrogen) atoms. The van der Waals surface area contributed by atoms with Gasteiger partial charge in [-0.15, -0.1) is 0 Å². The third-order valence-electron chi connectivity index (χ3n) is 5.11. The van der Waals surface area contributed by atoms with E-state index in [0.29, 0.717) is 12.8 Å². The molecule has 1 N–H and O–H groups in total. The second-order valence-electron chi connectivity index (χ2n) is 7.26. The highest BCUT2D eigenvalue weighted by atomic mass is 19.1. The molecule has 1 aliphatic heterocycles. The van der Waals surface area contributed by atoms with E-state index in [1.54, 1.807) is 12.1 Å². The standard InChI is InChI=1S/C20H23FN2O3/c1-12(2)18(13-7-9-14(21)10-8-13)22-17(24)11-23-19(25)15-5-3-4-6-16(15)20(23)26/h3-4,7-10,12,15-16,18H,5-6,11H2,1-2H3,(H,22,24). The van der Waals surface area contributed by atoms with Crippen LogP contribution in [0.25, 0.3) is 0 Å². The third kappa shape index (κ3) is 3.54. The first-order valence-corrected chi connectivity index (χ1v) is 8.93. The van der Waals surface area contributed by atoms with Crippen molar-refractivity contribution < 1.29 is 18.8 Å². The van der Waals surface area contributed by atoms with E-state index in [1.165, 1.54) is 12.1 Å². The molecule has 5 nitrogen and oxygen atoms in total. The molecule has 1 saturated heterocycles. The van der Waals surface area contributed by atoms with Crippen molar-refractivity contribution in [2.24, 2.45) is 17.8 Å². The van der Waals surface area contributed by atoms with E-state index in [1.807, 2.05) is 26.0 Å². The van der Waals surface area contributed by atoms with Gasteiger partial charge < -0.3 is 5.32 Å². The minimum Gasteiger partial charge on any atom is -0.347 e. The molecule has 3 atom stereocenters. The number of imide groups is 1. The van der Waals surface area contributed by atoms with Crippen molar-refractivity contribution in [1.29, 1.82) is 0 Å². The average Bonchev–Trinajstić information content (AvgIpc) is 2.86. The molecule has 0 saturated carbocycles. The van der Waals surface area contributed by atoms with E-state index in [2.05, 4.69) is 5.32 Å². The lowest BCUT2D eigenvalue weighted by molar-refractivity contribution is -0.143. The first-order chi connectivity index (χ1) is 12.4. The summed E-state index contributed by atoms with van der Waals surface area (Å²) in [6.07, 6.45) is 4.94. The summed E-state index contributed by atoms with van der Waals surface area (Å²) in [6, 6.07) is 5.64. The maximum absolute atomic E-state index is 13.1. The molecule has 6 heteroatoms. The van der Waals surface area contributed by atoms with Gasteiger partial charge in [0.25, 0.3) is 0 Å². The lowest BCUT2D eigenvalue weighted by Gasteiger charge is -2.24. The van der Waals surface area contributed by atoms with Gasteiger partial charge in [0.2, 0.25) is 17.7 Å². The van der Waals surface area contributed by atoms with E-state index in [-0.39, 0.29) is 53.9 Å². The van der Waals surface area contributed by atoms with Crippen molar-refractivity contribution in [3.63, 3.8) is 0 Å².